The van der Waals surface area contributed by atoms with E-state index in [1.54, 1.807) is 30.1 Å². The third kappa shape index (κ3) is 2.26. The first-order valence-corrected chi connectivity index (χ1v) is 6.61. The van der Waals surface area contributed by atoms with Crippen molar-refractivity contribution < 1.29 is 9.72 Å². The Morgan fingerprint density at radius 2 is 2.24 bits per heavy atom. The van der Waals surface area contributed by atoms with Gasteiger partial charge in [-0.05, 0) is 24.6 Å². The number of anilines is 1. The van der Waals surface area contributed by atoms with E-state index in [-0.39, 0.29) is 17.6 Å². The van der Waals surface area contributed by atoms with E-state index in [0.717, 1.165) is 0 Å². The molecular weight excluding hydrogens is 272 g/mol. The number of likely N-dealkylation sites (N-methyl/N-ethyl adjacent to an activating group) is 1. The molecule has 1 unspecified atom stereocenters. The van der Waals surface area contributed by atoms with E-state index in [4.69, 9.17) is 0 Å². The number of benzene rings is 1. The second kappa shape index (κ2) is 5.01. The van der Waals surface area contributed by atoms with Gasteiger partial charge in [-0.15, -0.1) is 0 Å². The molecule has 1 aromatic carbocycles. The lowest BCUT2D eigenvalue weighted by atomic mass is 10.1. The third-order valence-electron chi connectivity index (χ3n) is 3.70. The highest BCUT2D eigenvalue weighted by atomic mass is 16.6. The summed E-state index contributed by atoms with van der Waals surface area (Å²) in [6, 6.07) is 6.25. The molecule has 7 nitrogen and oxygen atoms in total. The molecular formula is C14H14N4O3. The predicted molar refractivity (Wildman–Crippen MR) is 78.1 cm³/mol. The summed E-state index contributed by atoms with van der Waals surface area (Å²) >= 11 is 0. The Labute approximate surface area is 120 Å². The molecule has 1 aliphatic heterocycles. The first-order valence-electron chi connectivity index (χ1n) is 6.61. The standard InChI is InChI=1S/C14H14N4O3/c1-17-8-6-11(14(17)19)16-10-4-5-12(18(20)21)13-9(10)3-2-7-15-13/h2-5,7,11,16H,6,8H2,1H3. The van der Waals surface area contributed by atoms with Gasteiger partial charge in [-0.3, -0.25) is 14.9 Å². The van der Waals surface area contributed by atoms with Crippen molar-refractivity contribution in [3.05, 3.63) is 40.6 Å². The fourth-order valence-corrected chi connectivity index (χ4v) is 2.57. The largest absolute Gasteiger partial charge is 0.373 e. The van der Waals surface area contributed by atoms with Gasteiger partial charge in [0.15, 0.2) is 0 Å². The minimum Gasteiger partial charge on any atom is -0.373 e. The van der Waals surface area contributed by atoms with Crippen LogP contribution in [0.2, 0.25) is 0 Å². The second-order valence-corrected chi connectivity index (χ2v) is 5.03. The van der Waals surface area contributed by atoms with E-state index in [0.29, 0.717) is 29.6 Å². The van der Waals surface area contributed by atoms with Crippen molar-refractivity contribution in [2.24, 2.45) is 0 Å². The molecule has 1 aliphatic rings. The monoisotopic (exact) mass is 286 g/mol. The molecule has 1 saturated heterocycles. The van der Waals surface area contributed by atoms with E-state index >= 15 is 0 Å². The Morgan fingerprint density at radius 1 is 1.43 bits per heavy atom. The van der Waals surface area contributed by atoms with Gasteiger partial charge in [0.1, 0.15) is 11.6 Å². The molecule has 0 bridgehead atoms. The highest BCUT2D eigenvalue weighted by Gasteiger charge is 2.29. The van der Waals surface area contributed by atoms with Crippen molar-refractivity contribution in [1.29, 1.82) is 0 Å². The molecule has 3 rings (SSSR count). The summed E-state index contributed by atoms with van der Waals surface area (Å²) in [5.41, 5.74) is 0.981. The molecule has 0 spiro atoms. The molecule has 1 amide bonds. The Morgan fingerprint density at radius 3 is 2.90 bits per heavy atom. The molecule has 7 heteroatoms. The number of nitro groups is 1. The minimum absolute atomic E-state index is 0.0328. The molecule has 108 valence electrons. The van der Waals surface area contributed by atoms with Crippen LogP contribution >= 0.6 is 0 Å². The molecule has 1 fully saturated rings. The number of hydrogen-bond donors (Lipinski definition) is 1. The first kappa shape index (κ1) is 13.3. The number of nitro benzene ring substituents is 1. The molecule has 1 aromatic heterocycles. The summed E-state index contributed by atoms with van der Waals surface area (Å²) in [5.74, 6) is 0.0328. The molecule has 2 aromatic rings. The van der Waals surface area contributed by atoms with Crippen molar-refractivity contribution in [1.82, 2.24) is 9.88 Å². The van der Waals surface area contributed by atoms with Gasteiger partial charge < -0.3 is 10.2 Å². The number of carbonyl (C=O) groups is 1. The number of amides is 1. The van der Waals surface area contributed by atoms with Crippen LogP contribution < -0.4 is 5.32 Å². The number of rotatable bonds is 3. The van der Waals surface area contributed by atoms with Crippen LogP contribution in [0.3, 0.4) is 0 Å². The molecule has 1 N–H and O–H groups in total. The second-order valence-electron chi connectivity index (χ2n) is 5.03. The molecule has 1 atom stereocenters. The third-order valence-corrected chi connectivity index (χ3v) is 3.70. The predicted octanol–water partition coefficient (Wildman–Crippen LogP) is 1.79. The van der Waals surface area contributed by atoms with Gasteiger partial charge in [-0.1, -0.05) is 0 Å². The summed E-state index contributed by atoms with van der Waals surface area (Å²) in [5, 5.41) is 14.9. The lowest BCUT2D eigenvalue weighted by Gasteiger charge is -2.15. The van der Waals surface area contributed by atoms with Crippen LogP contribution in [0.15, 0.2) is 30.5 Å². The number of aromatic nitrogens is 1. The molecule has 21 heavy (non-hydrogen) atoms. The highest BCUT2D eigenvalue weighted by Crippen LogP contribution is 2.30. The maximum Gasteiger partial charge on any atom is 0.295 e. The Balaban J connectivity index is 2.02. The minimum atomic E-state index is -0.451. The molecule has 0 saturated carbocycles. The van der Waals surface area contributed by atoms with Gasteiger partial charge in [0.25, 0.3) is 5.69 Å². The van der Waals surface area contributed by atoms with Crippen molar-refractivity contribution in [3.63, 3.8) is 0 Å². The quantitative estimate of drug-likeness (QED) is 0.686. The number of pyridine rings is 1. The number of likely N-dealkylation sites (tertiary alicyclic amines) is 1. The number of non-ortho nitro benzene ring substituents is 1. The van der Waals surface area contributed by atoms with Crippen molar-refractivity contribution in [2.45, 2.75) is 12.5 Å². The zero-order chi connectivity index (χ0) is 15.0. The zero-order valence-electron chi connectivity index (χ0n) is 11.4. The van der Waals surface area contributed by atoms with E-state index < -0.39 is 4.92 Å². The number of carbonyl (C=O) groups excluding carboxylic acids is 1. The van der Waals surface area contributed by atoms with Gasteiger partial charge in [-0.25, -0.2) is 4.98 Å². The number of hydrogen-bond acceptors (Lipinski definition) is 5. The lowest BCUT2D eigenvalue weighted by Crippen LogP contribution is -2.31. The summed E-state index contributed by atoms with van der Waals surface area (Å²) in [6.45, 7) is 0.708. The molecule has 0 aliphatic carbocycles. The van der Waals surface area contributed by atoms with Crippen LogP contribution in [0.5, 0.6) is 0 Å². The topological polar surface area (TPSA) is 88.4 Å². The number of fused-ring (bicyclic) bond motifs is 1. The maximum absolute atomic E-state index is 12.0. The van der Waals surface area contributed by atoms with Crippen molar-refractivity contribution in [2.75, 3.05) is 18.9 Å². The van der Waals surface area contributed by atoms with Gasteiger partial charge in [0.05, 0.1) is 4.92 Å². The Kier molecular flexibility index (Phi) is 3.17. The average Bonchev–Trinajstić information content (AvgIpc) is 2.79. The van der Waals surface area contributed by atoms with E-state index in [9.17, 15) is 14.9 Å². The fourth-order valence-electron chi connectivity index (χ4n) is 2.57. The van der Waals surface area contributed by atoms with Crippen molar-refractivity contribution in [3.8, 4) is 0 Å². The first-order chi connectivity index (χ1) is 10.1. The number of nitrogens with one attached hydrogen (secondary N) is 1. The Bertz CT molecular complexity index is 731. The van der Waals surface area contributed by atoms with Crippen LogP contribution in [-0.2, 0) is 4.79 Å². The van der Waals surface area contributed by atoms with Gasteiger partial charge in [-0.2, -0.15) is 0 Å². The van der Waals surface area contributed by atoms with Crippen LogP contribution in [0.1, 0.15) is 6.42 Å². The van der Waals surface area contributed by atoms with Gasteiger partial charge in [0, 0.05) is 36.9 Å². The molecule has 0 radical (unpaired) electrons. The van der Waals surface area contributed by atoms with Gasteiger partial charge >= 0.3 is 0 Å². The van der Waals surface area contributed by atoms with Crippen LogP contribution in [-0.4, -0.2) is 40.3 Å². The van der Waals surface area contributed by atoms with E-state index in [1.807, 2.05) is 0 Å². The highest BCUT2D eigenvalue weighted by molar-refractivity contribution is 5.98. The maximum atomic E-state index is 12.0. The summed E-state index contributed by atoms with van der Waals surface area (Å²) in [4.78, 5) is 28.3. The van der Waals surface area contributed by atoms with Gasteiger partial charge in [0.2, 0.25) is 5.91 Å². The zero-order valence-corrected chi connectivity index (χ0v) is 11.4. The SMILES string of the molecule is CN1CCC(Nc2ccc([N+](=O)[O-])c3ncccc23)C1=O. The number of nitrogens with zero attached hydrogens (tertiary/aromatic N) is 3. The normalized spacial score (nSPS) is 18.2. The Hall–Kier alpha value is -2.70. The van der Waals surface area contributed by atoms with Crippen LogP contribution in [0, 0.1) is 10.1 Å². The van der Waals surface area contributed by atoms with E-state index in [2.05, 4.69) is 10.3 Å². The summed E-state index contributed by atoms with van der Waals surface area (Å²) in [7, 11) is 1.76. The molecule has 2 heterocycles. The summed E-state index contributed by atoms with van der Waals surface area (Å²) in [6.07, 6.45) is 2.24. The average molecular weight is 286 g/mol. The lowest BCUT2D eigenvalue weighted by molar-refractivity contribution is -0.383. The fraction of sp³-hybridized carbons (Fsp3) is 0.286. The smallest absolute Gasteiger partial charge is 0.295 e. The summed E-state index contributed by atoms with van der Waals surface area (Å²) < 4.78 is 0. The van der Waals surface area contributed by atoms with Crippen molar-refractivity contribution >= 4 is 28.2 Å². The van der Waals surface area contributed by atoms with Crippen LogP contribution in [0.4, 0.5) is 11.4 Å². The van der Waals surface area contributed by atoms with Crippen LogP contribution in [0.25, 0.3) is 10.9 Å². The van der Waals surface area contributed by atoms with E-state index in [1.165, 1.54) is 12.3 Å².